The van der Waals surface area contributed by atoms with E-state index in [0.29, 0.717) is 0 Å². The minimum absolute atomic E-state index is 0.0941. The van der Waals surface area contributed by atoms with Crippen molar-refractivity contribution < 1.29 is 9.52 Å². The highest BCUT2D eigenvalue weighted by Gasteiger charge is 2.10. The van der Waals surface area contributed by atoms with Crippen LogP contribution in [0.1, 0.15) is 18.4 Å². The largest absolute Gasteiger partial charge is 0.443 e. The van der Waals surface area contributed by atoms with E-state index in [1.165, 1.54) is 6.39 Å². The van der Waals surface area contributed by atoms with Crippen LogP contribution in [0.2, 0.25) is 0 Å². The van der Waals surface area contributed by atoms with Gasteiger partial charge in [-0.3, -0.25) is 0 Å². The fraction of sp³-hybridized carbons (Fsp3) is 0.300. The number of aliphatic hydroxyl groups excluding tert-OH is 1. The van der Waals surface area contributed by atoms with Crippen molar-refractivity contribution in [3.63, 3.8) is 0 Å². The Bertz CT molecular complexity index is 408. The van der Waals surface area contributed by atoms with E-state index in [4.69, 9.17) is 9.52 Å². The summed E-state index contributed by atoms with van der Waals surface area (Å²) in [6, 6.07) is 5.77. The third kappa shape index (κ3) is 1.31. The van der Waals surface area contributed by atoms with E-state index in [2.05, 4.69) is 4.98 Å². The lowest BCUT2D eigenvalue weighted by Crippen LogP contribution is -1.98. The summed E-state index contributed by atoms with van der Waals surface area (Å²) in [5, 5.41) is 9.02. The number of aliphatic hydroxyl groups is 1. The fourth-order valence-electron chi connectivity index (χ4n) is 1.39. The number of fused-ring (bicyclic) bond motifs is 1. The Morgan fingerprint density at radius 3 is 3.15 bits per heavy atom. The number of aromatic nitrogens is 1. The van der Waals surface area contributed by atoms with Crippen LogP contribution in [0.5, 0.6) is 0 Å². The number of rotatable bonds is 2. The van der Waals surface area contributed by atoms with Crippen molar-refractivity contribution in [1.29, 1.82) is 0 Å². The van der Waals surface area contributed by atoms with Crippen molar-refractivity contribution in [2.45, 2.75) is 12.8 Å². The molecule has 0 radical (unpaired) electrons. The van der Waals surface area contributed by atoms with Gasteiger partial charge in [0.15, 0.2) is 12.0 Å². The van der Waals surface area contributed by atoms with Crippen molar-refractivity contribution in [2.24, 2.45) is 0 Å². The predicted molar refractivity (Wildman–Crippen MR) is 49.5 cm³/mol. The van der Waals surface area contributed by atoms with Gasteiger partial charge in [0.05, 0.1) is 0 Å². The van der Waals surface area contributed by atoms with Gasteiger partial charge in [-0.15, -0.1) is 0 Å². The van der Waals surface area contributed by atoms with Gasteiger partial charge in [0.2, 0.25) is 0 Å². The van der Waals surface area contributed by atoms with Gasteiger partial charge < -0.3 is 9.52 Å². The van der Waals surface area contributed by atoms with E-state index in [9.17, 15) is 0 Å². The molecule has 0 amide bonds. The average Bonchev–Trinajstić information content (AvgIpc) is 2.63. The molecule has 1 heterocycles. The lowest BCUT2D eigenvalue weighted by Gasteiger charge is -2.07. The molecule has 0 saturated carbocycles. The topological polar surface area (TPSA) is 46.3 Å². The summed E-state index contributed by atoms with van der Waals surface area (Å²) >= 11 is 0. The standard InChI is InChI=1S/C10H11NO2/c1-7(5-12)8-3-2-4-9-10(8)13-6-11-9/h2-4,6-7,12H,5H2,1H3. The minimum atomic E-state index is 0.0941. The maximum atomic E-state index is 9.02. The van der Waals surface area contributed by atoms with Crippen LogP contribution < -0.4 is 0 Å². The number of benzene rings is 1. The molecule has 1 unspecified atom stereocenters. The lowest BCUT2D eigenvalue weighted by molar-refractivity contribution is 0.273. The molecule has 2 aromatic rings. The Hall–Kier alpha value is -1.35. The molecular weight excluding hydrogens is 166 g/mol. The molecule has 1 aromatic carbocycles. The maximum absolute atomic E-state index is 9.02. The summed E-state index contributed by atoms with van der Waals surface area (Å²) < 4.78 is 5.25. The SMILES string of the molecule is CC(CO)c1cccc2ncoc12. The molecule has 1 aromatic heterocycles. The fourth-order valence-corrected chi connectivity index (χ4v) is 1.39. The first-order chi connectivity index (χ1) is 6.33. The second-order valence-corrected chi connectivity index (χ2v) is 3.13. The summed E-state index contributed by atoms with van der Waals surface area (Å²) in [6.07, 6.45) is 1.43. The average molecular weight is 177 g/mol. The van der Waals surface area contributed by atoms with Crippen LogP contribution in [0.4, 0.5) is 0 Å². The number of para-hydroxylation sites is 1. The van der Waals surface area contributed by atoms with Gasteiger partial charge in [-0.25, -0.2) is 4.98 Å². The first-order valence-electron chi connectivity index (χ1n) is 4.26. The zero-order valence-electron chi connectivity index (χ0n) is 7.40. The first-order valence-corrected chi connectivity index (χ1v) is 4.26. The van der Waals surface area contributed by atoms with Gasteiger partial charge >= 0.3 is 0 Å². The molecule has 1 atom stereocenters. The smallest absolute Gasteiger partial charge is 0.181 e. The molecule has 13 heavy (non-hydrogen) atoms. The van der Waals surface area contributed by atoms with Crippen molar-refractivity contribution in [2.75, 3.05) is 6.61 Å². The number of hydrogen-bond acceptors (Lipinski definition) is 3. The second kappa shape index (κ2) is 3.18. The van der Waals surface area contributed by atoms with E-state index in [0.717, 1.165) is 16.7 Å². The summed E-state index contributed by atoms with van der Waals surface area (Å²) in [5.41, 5.74) is 2.64. The first kappa shape index (κ1) is 8.26. The summed E-state index contributed by atoms with van der Waals surface area (Å²) in [6.45, 7) is 2.08. The normalized spacial score (nSPS) is 13.4. The molecule has 0 bridgehead atoms. The Labute approximate surface area is 76.0 Å². The monoisotopic (exact) mass is 177 g/mol. The zero-order valence-corrected chi connectivity index (χ0v) is 7.40. The van der Waals surface area contributed by atoms with Crippen LogP contribution in [0, 0.1) is 0 Å². The van der Waals surface area contributed by atoms with E-state index in [1.807, 2.05) is 25.1 Å². The number of oxazole rings is 1. The van der Waals surface area contributed by atoms with Crippen LogP contribution in [0.25, 0.3) is 11.1 Å². The minimum Gasteiger partial charge on any atom is -0.443 e. The Morgan fingerprint density at radius 2 is 2.38 bits per heavy atom. The molecule has 0 saturated heterocycles. The summed E-state index contributed by atoms with van der Waals surface area (Å²) in [4.78, 5) is 4.05. The Balaban J connectivity index is 2.60. The quantitative estimate of drug-likeness (QED) is 0.762. The van der Waals surface area contributed by atoms with E-state index >= 15 is 0 Å². The van der Waals surface area contributed by atoms with Gasteiger partial charge in [0.1, 0.15) is 5.52 Å². The van der Waals surface area contributed by atoms with Crippen LogP contribution in [-0.4, -0.2) is 16.7 Å². The van der Waals surface area contributed by atoms with E-state index in [1.54, 1.807) is 0 Å². The van der Waals surface area contributed by atoms with Crippen LogP contribution in [-0.2, 0) is 0 Å². The molecule has 1 N–H and O–H groups in total. The number of nitrogens with zero attached hydrogens (tertiary/aromatic N) is 1. The van der Waals surface area contributed by atoms with Crippen LogP contribution in [0.15, 0.2) is 29.0 Å². The molecule has 68 valence electrons. The Morgan fingerprint density at radius 1 is 1.54 bits per heavy atom. The molecule has 0 aliphatic heterocycles. The molecule has 0 aliphatic rings. The molecule has 0 spiro atoms. The summed E-state index contributed by atoms with van der Waals surface area (Å²) in [7, 11) is 0. The zero-order chi connectivity index (χ0) is 9.26. The van der Waals surface area contributed by atoms with Gasteiger partial charge in [-0.1, -0.05) is 19.1 Å². The van der Waals surface area contributed by atoms with Crippen molar-refractivity contribution >= 4 is 11.1 Å². The number of hydrogen-bond donors (Lipinski definition) is 1. The van der Waals surface area contributed by atoms with Gasteiger partial charge in [0.25, 0.3) is 0 Å². The summed E-state index contributed by atoms with van der Waals surface area (Å²) in [5.74, 6) is 0.0941. The molecular formula is C10H11NO2. The highest BCUT2D eigenvalue weighted by atomic mass is 16.3. The van der Waals surface area contributed by atoms with Crippen LogP contribution >= 0.6 is 0 Å². The van der Waals surface area contributed by atoms with Gasteiger partial charge in [0, 0.05) is 18.1 Å². The van der Waals surface area contributed by atoms with Crippen LogP contribution in [0.3, 0.4) is 0 Å². The second-order valence-electron chi connectivity index (χ2n) is 3.13. The molecule has 0 aliphatic carbocycles. The third-order valence-corrected chi connectivity index (χ3v) is 2.19. The Kier molecular flexibility index (Phi) is 2.02. The van der Waals surface area contributed by atoms with E-state index < -0.39 is 0 Å². The maximum Gasteiger partial charge on any atom is 0.181 e. The van der Waals surface area contributed by atoms with Crippen molar-refractivity contribution in [1.82, 2.24) is 4.98 Å². The molecule has 3 nitrogen and oxygen atoms in total. The predicted octanol–water partition coefficient (Wildman–Crippen LogP) is 1.92. The highest BCUT2D eigenvalue weighted by Crippen LogP contribution is 2.24. The highest BCUT2D eigenvalue weighted by molar-refractivity contribution is 5.76. The van der Waals surface area contributed by atoms with Gasteiger partial charge in [-0.05, 0) is 6.07 Å². The van der Waals surface area contributed by atoms with E-state index in [-0.39, 0.29) is 12.5 Å². The van der Waals surface area contributed by atoms with Gasteiger partial charge in [-0.2, -0.15) is 0 Å². The molecule has 2 rings (SSSR count). The molecule has 0 fully saturated rings. The molecule has 3 heteroatoms. The van der Waals surface area contributed by atoms with Crippen molar-refractivity contribution in [3.05, 3.63) is 30.2 Å². The third-order valence-electron chi connectivity index (χ3n) is 2.19. The van der Waals surface area contributed by atoms with Crippen molar-refractivity contribution in [3.8, 4) is 0 Å². The lowest BCUT2D eigenvalue weighted by atomic mass is 10.0.